The highest BCUT2D eigenvalue weighted by Crippen LogP contribution is 2.40. The number of piperidine rings is 1. The zero-order valence-electron chi connectivity index (χ0n) is 21.0. The molecule has 0 bridgehead atoms. The lowest BCUT2D eigenvalue weighted by atomic mass is 9.89. The number of fused-ring (bicyclic) bond motifs is 1. The second-order valence-electron chi connectivity index (χ2n) is 9.50. The number of anilines is 2. The molecule has 8 heteroatoms. The average Bonchev–Trinajstić information content (AvgIpc) is 3.29. The molecule has 0 saturated carbocycles. The largest absolute Gasteiger partial charge is 0.496 e. The standard InChI is InChI=1S/C28H31FN4O2S/c1-17(2)35-25-13-20(18-9-11-33(3)12-10-18)22(29)14-23(25)31-28-30-15-26-27(32-28)21(16-36-26)19-7-5-6-8-24(19)34-4/h5-8,13-18H,9-12H2,1-4H3,(H,30,31,32). The molecule has 1 aliphatic heterocycles. The number of nitrogens with zero attached hydrogens (tertiary/aromatic N) is 3. The fourth-order valence-electron chi connectivity index (χ4n) is 4.72. The van der Waals surface area contributed by atoms with Crippen molar-refractivity contribution in [3.05, 3.63) is 59.4 Å². The van der Waals surface area contributed by atoms with Gasteiger partial charge in [-0.15, -0.1) is 11.3 Å². The number of aromatic nitrogens is 2. The van der Waals surface area contributed by atoms with Gasteiger partial charge in [-0.2, -0.15) is 0 Å². The SMILES string of the molecule is COc1ccccc1-c1csc2cnc(Nc3cc(F)c(C4CCN(C)CC4)cc3OC(C)C)nc12. The zero-order valence-corrected chi connectivity index (χ0v) is 21.9. The Morgan fingerprint density at radius 3 is 2.64 bits per heavy atom. The molecule has 0 atom stereocenters. The second kappa shape index (κ2) is 10.4. The van der Waals surface area contributed by atoms with Crippen LogP contribution < -0.4 is 14.8 Å². The van der Waals surface area contributed by atoms with Crippen LogP contribution in [0.25, 0.3) is 21.3 Å². The first-order valence-corrected chi connectivity index (χ1v) is 13.1. The predicted molar refractivity (Wildman–Crippen MR) is 144 cm³/mol. The smallest absolute Gasteiger partial charge is 0.227 e. The van der Waals surface area contributed by atoms with E-state index in [1.165, 1.54) is 6.07 Å². The van der Waals surface area contributed by atoms with Crippen LogP contribution in [0.4, 0.5) is 16.0 Å². The lowest BCUT2D eigenvalue weighted by Crippen LogP contribution is -2.29. The van der Waals surface area contributed by atoms with Crippen molar-refractivity contribution >= 4 is 33.2 Å². The number of methoxy groups -OCH3 is 1. The van der Waals surface area contributed by atoms with Gasteiger partial charge in [0.2, 0.25) is 5.95 Å². The van der Waals surface area contributed by atoms with Crippen LogP contribution in [0.1, 0.15) is 38.2 Å². The van der Waals surface area contributed by atoms with Crippen molar-refractivity contribution in [2.45, 2.75) is 38.7 Å². The average molecular weight is 507 g/mol. The molecule has 2 aromatic carbocycles. The maximum atomic E-state index is 15.4. The summed E-state index contributed by atoms with van der Waals surface area (Å²) in [4.78, 5) is 11.6. The number of hydrogen-bond donors (Lipinski definition) is 1. The fraction of sp³-hybridized carbons (Fsp3) is 0.357. The van der Waals surface area contributed by atoms with E-state index in [-0.39, 0.29) is 17.8 Å². The van der Waals surface area contributed by atoms with Crippen LogP contribution in [-0.2, 0) is 0 Å². The van der Waals surface area contributed by atoms with E-state index in [0.717, 1.165) is 58.6 Å². The minimum atomic E-state index is -0.227. The van der Waals surface area contributed by atoms with Gasteiger partial charge in [0.1, 0.15) is 17.3 Å². The number of thiophene rings is 1. The number of nitrogens with one attached hydrogen (secondary N) is 1. The summed E-state index contributed by atoms with van der Waals surface area (Å²) in [5.41, 5.74) is 3.99. The van der Waals surface area contributed by atoms with Gasteiger partial charge in [0.05, 0.1) is 35.3 Å². The van der Waals surface area contributed by atoms with Crippen molar-refractivity contribution < 1.29 is 13.9 Å². The van der Waals surface area contributed by atoms with Crippen molar-refractivity contribution in [2.75, 3.05) is 32.6 Å². The van der Waals surface area contributed by atoms with Crippen molar-refractivity contribution in [3.63, 3.8) is 0 Å². The van der Waals surface area contributed by atoms with Crippen molar-refractivity contribution in [1.29, 1.82) is 0 Å². The first-order chi connectivity index (χ1) is 17.4. The van der Waals surface area contributed by atoms with E-state index in [1.807, 2.05) is 44.2 Å². The van der Waals surface area contributed by atoms with E-state index in [2.05, 4.69) is 27.6 Å². The lowest BCUT2D eigenvalue weighted by molar-refractivity contribution is 0.239. The minimum Gasteiger partial charge on any atom is -0.496 e. The van der Waals surface area contributed by atoms with Gasteiger partial charge in [-0.3, -0.25) is 0 Å². The van der Waals surface area contributed by atoms with Gasteiger partial charge in [-0.05, 0) is 70.4 Å². The summed E-state index contributed by atoms with van der Waals surface area (Å²) < 4.78 is 28.0. The molecular weight excluding hydrogens is 475 g/mol. The van der Waals surface area contributed by atoms with Crippen LogP contribution in [0.15, 0.2) is 48.0 Å². The zero-order chi connectivity index (χ0) is 25.2. The quantitative estimate of drug-likeness (QED) is 0.296. The summed E-state index contributed by atoms with van der Waals surface area (Å²) in [6, 6.07) is 11.3. The Kier molecular flexibility index (Phi) is 7.07. The molecule has 1 N–H and O–H groups in total. The molecule has 6 nitrogen and oxygen atoms in total. The first kappa shape index (κ1) is 24.5. The number of halogens is 1. The summed E-state index contributed by atoms with van der Waals surface area (Å²) in [6.07, 6.45) is 3.61. The molecule has 0 unspecified atom stereocenters. The van der Waals surface area contributed by atoms with Crippen LogP contribution in [0.2, 0.25) is 0 Å². The second-order valence-corrected chi connectivity index (χ2v) is 10.4. The van der Waals surface area contributed by atoms with E-state index in [0.29, 0.717) is 17.4 Å². The third-order valence-corrected chi connectivity index (χ3v) is 7.48. The number of rotatable bonds is 7. The third kappa shape index (κ3) is 5.01. The summed E-state index contributed by atoms with van der Waals surface area (Å²) in [6.45, 7) is 5.87. The normalized spacial score (nSPS) is 14.9. The number of likely N-dealkylation sites (tertiary alicyclic amines) is 1. The van der Waals surface area contributed by atoms with Crippen molar-refractivity contribution in [3.8, 4) is 22.6 Å². The molecule has 1 fully saturated rings. The molecule has 2 aromatic heterocycles. The van der Waals surface area contributed by atoms with Gasteiger partial charge in [0, 0.05) is 22.6 Å². The Labute approximate surface area is 215 Å². The van der Waals surface area contributed by atoms with E-state index in [4.69, 9.17) is 14.5 Å². The summed E-state index contributed by atoms with van der Waals surface area (Å²) in [5.74, 6) is 1.74. The molecule has 1 saturated heterocycles. The molecule has 36 heavy (non-hydrogen) atoms. The molecular formula is C28H31FN4O2S. The van der Waals surface area contributed by atoms with Gasteiger partial charge >= 0.3 is 0 Å². The molecule has 0 aliphatic carbocycles. The van der Waals surface area contributed by atoms with Crippen molar-refractivity contribution in [2.24, 2.45) is 0 Å². The van der Waals surface area contributed by atoms with E-state index in [1.54, 1.807) is 24.6 Å². The Hall–Kier alpha value is -3.23. The van der Waals surface area contributed by atoms with Gasteiger partial charge < -0.3 is 19.7 Å². The van der Waals surface area contributed by atoms with Crippen LogP contribution in [0.3, 0.4) is 0 Å². The van der Waals surface area contributed by atoms with Gasteiger partial charge in [0.15, 0.2) is 0 Å². The van der Waals surface area contributed by atoms with E-state index >= 15 is 4.39 Å². The maximum Gasteiger partial charge on any atom is 0.227 e. The molecule has 5 rings (SSSR count). The molecule has 3 heterocycles. The van der Waals surface area contributed by atoms with Gasteiger partial charge in [-0.25, -0.2) is 14.4 Å². The summed E-state index contributed by atoms with van der Waals surface area (Å²) >= 11 is 1.58. The highest BCUT2D eigenvalue weighted by Gasteiger charge is 2.24. The summed E-state index contributed by atoms with van der Waals surface area (Å²) in [5, 5.41) is 5.28. The number of hydrogen-bond acceptors (Lipinski definition) is 7. The minimum absolute atomic E-state index is 0.0567. The molecule has 0 spiro atoms. The molecule has 188 valence electrons. The number of ether oxygens (including phenoxy) is 2. The Morgan fingerprint density at radius 2 is 1.89 bits per heavy atom. The van der Waals surface area contributed by atoms with Crippen LogP contribution >= 0.6 is 11.3 Å². The topological polar surface area (TPSA) is 59.5 Å². The van der Waals surface area contributed by atoms with Gasteiger partial charge in [0.25, 0.3) is 0 Å². The maximum absolute atomic E-state index is 15.4. The fourth-order valence-corrected chi connectivity index (χ4v) is 5.58. The predicted octanol–water partition coefficient (Wildman–Crippen LogP) is 6.85. The van der Waals surface area contributed by atoms with Crippen molar-refractivity contribution in [1.82, 2.24) is 14.9 Å². The van der Waals surface area contributed by atoms with Crippen LogP contribution in [0, 0.1) is 5.82 Å². The molecule has 1 aliphatic rings. The monoisotopic (exact) mass is 506 g/mol. The number of benzene rings is 2. The summed E-state index contributed by atoms with van der Waals surface area (Å²) in [7, 11) is 3.77. The Balaban J connectivity index is 1.50. The Morgan fingerprint density at radius 1 is 1.11 bits per heavy atom. The lowest BCUT2D eigenvalue weighted by Gasteiger charge is -2.30. The van der Waals surface area contributed by atoms with E-state index < -0.39 is 0 Å². The first-order valence-electron chi connectivity index (χ1n) is 12.3. The highest BCUT2D eigenvalue weighted by molar-refractivity contribution is 7.17. The Bertz CT molecular complexity index is 1370. The molecule has 4 aromatic rings. The van der Waals surface area contributed by atoms with Crippen LogP contribution in [0.5, 0.6) is 11.5 Å². The van der Waals surface area contributed by atoms with Gasteiger partial charge in [-0.1, -0.05) is 18.2 Å². The third-order valence-electron chi connectivity index (χ3n) is 6.58. The molecule has 0 radical (unpaired) electrons. The van der Waals surface area contributed by atoms with Crippen LogP contribution in [-0.4, -0.2) is 48.2 Å². The van der Waals surface area contributed by atoms with E-state index in [9.17, 15) is 0 Å². The number of para-hydroxylation sites is 1. The highest BCUT2D eigenvalue weighted by atomic mass is 32.1. The molecule has 0 amide bonds.